The third kappa shape index (κ3) is 7.36. The fourth-order valence-corrected chi connectivity index (χ4v) is 5.65. The number of carbonyl (C=O) groups excluding carboxylic acids is 2. The highest BCUT2D eigenvalue weighted by molar-refractivity contribution is 7.92. The maximum atomic E-state index is 13.6. The molecule has 9 heteroatoms. The number of carbonyl (C=O) groups is 2. The van der Waals surface area contributed by atoms with Gasteiger partial charge in [-0.25, -0.2) is 8.42 Å². The first kappa shape index (κ1) is 30.3. The van der Waals surface area contributed by atoms with Crippen LogP contribution in [-0.4, -0.2) is 33.9 Å². The normalized spacial score (nSPS) is 11.5. The van der Waals surface area contributed by atoms with Crippen LogP contribution >= 0.6 is 0 Å². The Balaban J connectivity index is 1.51. The molecular formula is C33H35N3O5S. The minimum absolute atomic E-state index is 0.0233. The molecule has 2 amide bonds. The summed E-state index contributed by atoms with van der Waals surface area (Å²) >= 11 is 0. The summed E-state index contributed by atoms with van der Waals surface area (Å²) in [5.74, 6) is -0.313. The van der Waals surface area contributed by atoms with Gasteiger partial charge < -0.3 is 15.4 Å². The number of hydrogen-bond donors (Lipinski definition) is 2. The lowest BCUT2D eigenvalue weighted by molar-refractivity contribution is -0.114. The Kier molecular flexibility index (Phi) is 9.02. The molecule has 218 valence electrons. The number of ether oxygens (including phenoxy) is 1. The lowest BCUT2D eigenvalue weighted by Gasteiger charge is -2.24. The average Bonchev–Trinajstić information content (AvgIpc) is 2.96. The second kappa shape index (κ2) is 12.5. The number of amides is 2. The average molecular weight is 586 g/mol. The van der Waals surface area contributed by atoms with Gasteiger partial charge in [0.05, 0.1) is 17.7 Å². The van der Waals surface area contributed by atoms with Crippen molar-refractivity contribution in [1.82, 2.24) is 0 Å². The second-order valence-electron chi connectivity index (χ2n) is 10.9. The van der Waals surface area contributed by atoms with E-state index >= 15 is 0 Å². The standard InChI is InChI=1S/C33H35N3O5S/c1-23-9-15-28(16-10-23)36(42(39,40)30-19-17-29(41-5)18-20-30)22-31(37)34-26-7-6-8-27(21-26)35-32(38)24-11-13-25(14-12-24)33(2,3)4/h6-21H,22H2,1-5H3,(H,34,37)(H,35,38). The van der Waals surface area contributed by atoms with Crippen LogP contribution in [0.2, 0.25) is 0 Å². The highest BCUT2D eigenvalue weighted by Crippen LogP contribution is 2.26. The molecule has 8 nitrogen and oxygen atoms in total. The SMILES string of the molecule is COc1ccc(S(=O)(=O)N(CC(=O)Nc2cccc(NC(=O)c3ccc(C(C)(C)C)cc3)c2)c2ccc(C)cc2)cc1. The Labute approximate surface area is 247 Å². The molecule has 0 fully saturated rings. The molecule has 0 aliphatic heterocycles. The molecule has 0 aromatic heterocycles. The maximum Gasteiger partial charge on any atom is 0.264 e. The number of nitrogens with zero attached hydrogens (tertiary/aromatic N) is 1. The molecule has 0 atom stereocenters. The summed E-state index contributed by atoms with van der Waals surface area (Å²) in [6.45, 7) is 7.75. The van der Waals surface area contributed by atoms with E-state index in [4.69, 9.17) is 4.74 Å². The Bertz CT molecular complexity index is 1660. The van der Waals surface area contributed by atoms with Gasteiger partial charge in [-0.1, -0.05) is 56.7 Å². The van der Waals surface area contributed by atoms with Crippen LogP contribution in [0, 0.1) is 6.92 Å². The van der Waals surface area contributed by atoms with E-state index in [1.54, 1.807) is 72.8 Å². The number of nitrogens with one attached hydrogen (secondary N) is 2. The van der Waals surface area contributed by atoms with E-state index in [0.29, 0.717) is 28.4 Å². The van der Waals surface area contributed by atoms with Crippen molar-refractivity contribution in [2.75, 3.05) is 28.6 Å². The third-order valence-electron chi connectivity index (χ3n) is 6.67. The van der Waals surface area contributed by atoms with E-state index < -0.39 is 22.5 Å². The summed E-state index contributed by atoms with van der Waals surface area (Å²) in [4.78, 5) is 26.1. The molecule has 0 saturated carbocycles. The van der Waals surface area contributed by atoms with Crippen molar-refractivity contribution in [3.05, 3.63) is 114 Å². The van der Waals surface area contributed by atoms with Crippen molar-refractivity contribution in [2.45, 2.75) is 38.0 Å². The predicted octanol–water partition coefficient (Wildman–Crippen LogP) is 6.39. The number of rotatable bonds is 9. The van der Waals surface area contributed by atoms with Crippen LogP contribution in [0.1, 0.15) is 42.3 Å². The number of aryl methyl sites for hydroxylation is 1. The van der Waals surface area contributed by atoms with E-state index in [1.807, 2.05) is 19.1 Å². The largest absolute Gasteiger partial charge is 0.497 e. The van der Waals surface area contributed by atoms with Crippen molar-refractivity contribution >= 4 is 38.9 Å². The monoisotopic (exact) mass is 585 g/mol. The number of hydrogen-bond acceptors (Lipinski definition) is 5. The molecule has 0 aliphatic carbocycles. The van der Waals surface area contributed by atoms with Crippen LogP contribution in [0.3, 0.4) is 0 Å². The predicted molar refractivity (Wildman–Crippen MR) is 167 cm³/mol. The molecule has 0 heterocycles. The highest BCUT2D eigenvalue weighted by Gasteiger charge is 2.27. The zero-order chi connectivity index (χ0) is 30.5. The molecule has 0 aliphatic rings. The van der Waals surface area contributed by atoms with Gasteiger partial charge in [-0.05, 0) is 84.6 Å². The summed E-state index contributed by atoms with van der Waals surface area (Å²) in [6.07, 6.45) is 0. The third-order valence-corrected chi connectivity index (χ3v) is 8.46. The van der Waals surface area contributed by atoms with Crippen LogP contribution in [0.15, 0.2) is 102 Å². The summed E-state index contributed by atoms with van der Waals surface area (Å²) in [6, 6.07) is 27.0. The quantitative estimate of drug-likeness (QED) is 0.237. The van der Waals surface area contributed by atoms with Gasteiger partial charge in [0.2, 0.25) is 5.91 Å². The highest BCUT2D eigenvalue weighted by atomic mass is 32.2. The van der Waals surface area contributed by atoms with Crippen LogP contribution in [-0.2, 0) is 20.2 Å². The number of benzene rings is 4. The zero-order valence-corrected chi connectivity index (χ0v) is 25.2. The van der Waals surface area contributed by atoms with E-state index in [-0.39, 0.29) is 16.2 Å². The van der Waals surface area contributed by atoms with Crippen LogP contribution in [0.4, 0.5) is 17.1 Å². The minimum atomic E-state index is -4.09. The molecule has 2 N–H and O–H groups in total. The number of anilines is 3. The summed E-state index contributed by atoms with van der Waals surface area (Å²) < 4.78 is 33.5. The minimum Gasteiger partial charge on any atom is -0.497 e. The van der Waals surface area contributed by atoms with Gasteiger partial charge in [0.25, 0.3) is 15.9 Å². The van der Waals surface area contributed by atoms with E-state index in [0.717, 1.165) is 15.4 Å². The first-order valence-corrected chi connectivity index (χ1v) is 14.9. The lowest BCUT2D eigenvalue weighted by atomic mass is 9.87. The van der Waals surface area contributed by atoms with Gasteiger partial charge in [-0.3, -0.25) is 13.9 Å². The molecule has 4 aromatic carbocycles. The van der Waals surface area contributed by atoms with Gasteiger partial charge >= 0.3 is 0 Å². The number of methoxy groups -OCH3 is 1. The summed E-state index contributed by atoms with van der Waals surface area (Å²) in [7, 11) is -2.59. The van der Waals surface area contributed by atoms with E-state index in [2.05, 4.69) is 31.4 Å². The van der Waals surface area contributed by atoms with E-state index in [9.17, 15) is 18.0 Å². The van der Waals surface area contributed by atoms with Crippen molar-refractivity contribution < 1.29 is 22.7 Å². The van der Waals surface area contributed by atoms with Crippen molar-refractivity contribution in [3.63, 3.8) is 0 Å². The fraction of sp³-hybridized carbons (Fsp3) is 0.212. The molecule has 4 rings (SSSR count). The van der Waals surface area contributed by atoms with Gasteiger partial charge in [-0.2, -0.15) is 0 Å². The summed E-state index contributed by atoms with van der Waals surface area (Å²) in [5.41, 5.74) is 3.81. The number of sulfonamides is 1. The summed E-state index contributed by atoms with van der Waals surface area (Å²) in [5, 5.41) is 5.61. The Hall–Kier alpha value is -4.63. The Morgan fingerprint density at radius 3 is 1.98 bits per heavy atom. The van der Waals surface area contributed by atoms with Gasteiger partial charge in [0.1, 0.15) is 12.3 Å². The van der Waals surface area contributed by atoms with Crippen LogP contribution in [0.5, 0.6) is 5.75 Å². The second-order valence-corrected chi connectivity index (χ2v) is 12.8. The van der Waals surface area contributed by atoms with Crippen molar-refractivity contribution in [1.29, 1.82) is 0 Å². The topological polar surface area (TPSA) is 105 Å². The van der Waals surface area contributed by atoms with Crippen LogP contribution in [0.25, 0.3) is 0 Å². The van der Waals surface area contributed by atoms with Gasteiger partial charge in [0.15, 0.2) is 0 Å². The molecule has 42 heavy (non-hydrogen) atoms. The van der Waals surface area contributed by atoms with Gasteiger partial charge in [-0.15, -0.1) is 0 Å². The molecule has 0 radical (unpaired) electrons. The zero-order valence-electron chi connectivity index (χ0n) is 24.3. The molecular weight excluding hydrogens is 550 g/mol. The molecule has 0 saturated heterocycles. The van der Waals surface area contributed by atoms with Crippen molar-refractivity contribution in [3.8, 4) is 5.75 Å². The molecule has 0 bridgehead atoms. The molecule has 0 unspecified atom stereocenters. The van der Waals surface area contributed by atoms with Crippen molar-refractivity contribution in [2.24, 2.45) is 0 Å². The van der Waals surface area contributed by atoms with Crippen LogP contribution < -0.4 is 19.7 Å². The van der Waals surface area contributed by atoms with E-state index in [1.165, 1.54) is 19.2 Å². The first-order chi connectivity index (χ1) is 19.9. The Morgan fingerprint density at radius 1 is 0.810 bits per heavy atom. The maximum absolute atomic E-state index is 13.6. The molecule has 4 aromatic rings. The Morgan fingerprint density at radius 2 is 1.40 bits per heavy atom. The fourth-order valence-electron chi connectivity index (χ4n) is 4.23. The first-order valence-electron chi connectivity index (χ1n) is 13.4. The van der Waals surface area contributed by atoms with Gasteiger partial charge in [0, 0.05) is 16.9 Å². The lowest BCUT2D eigenvalue weighted by Crippen LogP contribution is -2.38. The molecule has 0 spiro atoms. The smallest absolute Gasteiger partial charge is 0.264 e.